The maximum Gasteiger partial charge on any atom is 0.0757 e. The van der Waals surface area contributed by atoms with E-state index < -0.39 is 0 Å². The highest BCUT2D eigenvalue weighted by atomic mass is 16.5. The van der Waals surface area contributed by atoms with Crippen LogP contribution in [0.2, 0.25) is 0 Å². The summed E-state index contributed by atoms with van der Waals surface area (Å²) in [7, 11) is 0. The molecule has 0 aromatic carbocycles. The van der Waals surface area contributed by atoms with E-state index in [0.29, 0.717) is 18.3 Å². The molecule has 3 unspecified atom stereocenters. The summed E-state index contributed by atoms with van der Waals surface area (Å²) >= 11 is 0. The predicted molar refractivity (Wildman–Crippen MR) is 86.7 cm³/mol. The molecule has 0 aliphatic carbocycles. The second-order valence-electron chi connectivity index (χ2n) is 8.47. The maximum absolute atomic E-state index is 6.22. The number of ether oxygens (including phenoxy) is 2. The summed E-state index contributed by atoms with van der Waals surface area (Å²) in [6, 6.07) is 0. The van der Waals surface area contributed by atoms with E-state index in [1.165, 1.54) is 12.8 Å². The molecule has 0 spiro atoms. The Balaban J connectivity index is 1.75. The van der Waals surface area contributed by atoms with Crippen LogP contribution in [0.4, 0.5) is 0 Å². The number of nitrogens with zero attached hydrogens (tertiary/aromatic N) is 1. The van der Waals surface area contributed by atoms with Gasteiger partial charge in [0, 0.05) is 31.7 Å². The van der Waals surface area contributed by atoms with Gasteiger partial charge in [-0.1, -0.05) is 0 Å². The minimum absolute atomic E-state index is 0.0382. The normalized spacial score (nSPS) is 34.3. The number of nitrogens with one attached hydrogen (secondary N) is 1. The highest BCUT2D eigenvalue weighted by Gasteiger charge is 2.34. The molecule has 2 aliphatic rings. The summed E-state index contributed by atoms with van der Waals surface area (Å²) in [5, 5.41) is 3.55. The molecule has 2 rings (SSSR count). The van der Waals surface area contributed by atoms with Gasteiger partial charge in [0.2, 0.25) is 0 Å². The second-order valence-corrected chi connectivity index (χ2v) is 8.47. The van der Waals surface area contributed by atoms with Crippen LogP contribution < -0.4 is 5.32 Å². The SMILES string of the molecule is CC1CN(CC2CCC(CNC(C)(C)C)O2)CC(C)(C)O1. The van der Waals surface area contributed by atoms with Crippen molar-refractivity contribution in [2.45, 2.75) is 83.8 Å². The number of rotatable bonds is 4. The van der Waals surface area contributed by atoms with Crippen LogP contribution in [0.25, 0.3) is 0 Å². The van der Waals surface area contributed by atoms with Gasteiger partial charge in [-0.25, -0.2) is 0 Å². The van der Waals surface area contributed by atoms with Gasteiger partial charge in [0.05, 0.1) is 23.9 Å². The van der Waals surface area contributed by atoms with Gasteiger partial charge in [-0.15, -0.1) is 0 Å². The Morgan fingerprint density at radius 1 is 1.19 bits per heavy atom. The van der Waals surface area contributed by atoms with E-state index in [1.54, 1.807) is 0 Å². The zero-order valence-corrected chi connectivity index (χ0v) is 14.7. The third-order valence-electron chi connectivity index (χ3n) is 4.16. The zero-order chi connectivity index (χ0) is 15.7. The van der Waals surface area contributed by atoms with Crippen molar-refractivity contribution in [2.24, 2.45) is 0 Å². The molecule has 0 bridgehead atoms. The zero-order valence-electron chi connectivity index (χ0n) is 14.7. The monoisotopic (exact) mass is 298 g/mol. The van der Waals surface area contributed by atoms with Gasteiger partial charge in [0.15, 0.2) is 0 Å². The van der Waals surface area contributed by atoms with Crippen molar-refractivity contribution in [1.82, 2.24) is 10.2 Å². The molecule has 0 aromatic rings. The van der Waals surface area contributed by atoms with E-state index in [9.17, 15) is 0 Å². The summed E-state index contributed by atoms with van der Waals surface area (Å²) in [6.45, 7) is 17.2. The van der Waals surface area contributed by atoms with Crippen molar-refractivity contribution < 1.29 is 9.47 Å². The quantitative estimate of drug-likeness (QED) is 0.864. The molecule has 2 aliphatic heterocycles. The predicted octanol–water partition coefficient (Wildman–Crippen LogP) is 2.42. The molecule has 0 radical (unpaired) electrons. The van der Waals surface area contributed by atoms with Crippen LogP contribution in [0.1, 0.15) is 54.4 Å². The largest absolute Gasteiger partial charge is 0.372 e. The lowest BCUT2D eigenvalue weighted by molar-refractivity contribution is -0.135. The van der Waals surface area contributed by atoms with Crippen molar-refractivity contribution >= 4 is 0 Å². The van der Waals surface area contributed by atoms with E-state index in [-0.39, 0.29) is 11.1 Å². The van der Waals surface area contributed by atoms with Gasteiger partial charge in [-0.3, -0.25) is 4.90 Å². The molecule has 4 nitrogen and oxygen atoms in total. The first-order valence-electron chi connectivity index (χ1n) is 8.44. The summed E-state index contributed by atoms with van der Waals surface area (Å²) in [4.78, 5) is 2.51. The lowest BCUT2D eigenvalue weighted by Crippen LogP contribution is -2.53. The van der Waals surface area contributed by atoms with Crippen molar-refractivity contribution in [2.75, 3.05) is 26.2 Å². The van der Waals surface area contributed by atoms with Crippen molar-refractivity contribution in [3.8, 4) is 0 Å². The molecule has 4 heteroatoms. The fraction of sp³-hybridized carbons (Fsp3) is 1.00. The lowest BCUT2D eigenvalue weighted by Gasteiger charge is -2.42. The van der Waals surface area contributed by atoms with Gasteiger partial charge >= 0.3 is 0 Å². The van der Waals surface area contributed by atoms with Gasteiger partial charge < -0.3 is 14.8 Å². The molecular formula is C17H34N2O2. The summed E-state index contributed by atoms with van der Waals surface area (Å²) in [5.41, 5.74) is 0.134. The first-order chi connectivity index (χ1) is 9.63. The molecule has 0 aromatic heterocycles. The Bertz CT molecular complexity index is 338. The van der Waals surface area contributed by atoms with E-state index in [0.717, 1.165) is 26.2 Å². The fourth-order valence-corrected chi connectivity index (χ4v) is 3.50. The van der Waals surface area contributed by atoms with Gasteiger partial charge in [-0.05, 0) is 54.4 Å². The van der Waals surface area contributed by atoms with Gasteiger partial charge in [0.25, 0.3) is 0 Å². The van der Waals surface area contributed by atoms with Gasteiger partial charge in [0.1, 0.15) is 0 Å². The molecule has 124 valence electrons. The molecule has 1 N–H and O–H groups in total. The molecular weight excluding hydrogens is 264 g/mol. The van der Waals surface area contributed by atoms with E-state index in [1.807, 2.05) is 0 Å². The fourth-order valence-electron chi connectivity index (χ4n) is 3.50. The number of hydrogen-bond acceptors (Lipinski definition) is 4. The molecule has 0 saturated carbocycles. The lowest BCUT2D eigenvalue weighted by atomic mass is 10.0. The number of hydrogen-bond donors (Lipinski definition) is 1. The van der Waals surface area contributed by atoms with E-state index in [2.05, 4.69) is 51.8 Å². The minimum Gasteiger partial charge on any atom is -0.372 e. The Kier molecular flexibility index (Phi) is 5.35. The first-order valence-corrected chi connectivity index (χ1v) is 8.44. The Labute approximate surface area is 130 Å². The van der Waals surface area contributed by atoms with Crippen LogP contribution in [0, 0.1) is 0 Å². The first kappa shape index (κ1) is 17.2. The van der Waals surface area contributed by atoms with Crippen molar-refractivity contribution in [1.29, 1.82) is 0 Å². The number of morpholine rings is 1. The minimum atomic E-state index is -0.0382. The summed E-state index contributed by atoms with van der Waals surface area (Å²) in [5.74, 6) is 0. The Morgan fingerprint density at radius 2 is 1.86 bits per heavy atom. The smallest absolute Gasteiger partial charge is 0.0757 e. The third-order valence-corrected chi connectivity index (χ3v) is 4.16. The second kappa shape index (κ2) is 6.53. The average molecular weight is 298 g/mol. The third kappa shape index (κ3) is 5.85. The van der Waals surface area contributed by atoms with Crippen LogP contribution in [-0.4, -0.2) is 60.5 Å². The van der Waals surface area contributed by atoms with Crippen LogP contribution in [0.5, 0.6) is 0 Å². The average Bonchev–Trinajstić information content (AvgIpc) is 2.70. The molecule has 21 heavy (non-hydrogen) atoms. The van der Waals surface area contributed by atoms with Crippen LogP contribution >= 0.6 is 0 Å². The Morgan fingerprint density at radius 3 is 2.48 bits per heavy atom. The van der Waals surface area contributed by atoms with E-state index in [4.69, 9.17) is 9.47 Å². The van der Waals surface area contributed by atoms with Crippen LogP contribution in [0.3, 0.4) is 0 Å². The van der Waals surface area contributed by atoms with E-state index >= 15 is 0 Å². The van der Waals surface area contributed by atoms with Crippen LogP contribution in [0.15, 0.2) is 0 Å². The molecule has 0 amide bonds. The Hall–Kier alpha value is -0.160. The molecule has 2 heterocycles. The van der Waals surface area contributed by atoms with Crippen molar-refractivity contribution in [3.63, 3.8) is 0 Å². The van der Waals surface area contributed by atoms with Crippen LogP contribution in [-0.2, 0) is 9.47 Å². The van der Waals surface area contributed by atoms with Gasteiger partial charge in [-0.2, -0.15) is 0 Å². The highest BCUT2D eigenvalue weighted by molar-refractivity contribution is 4.86. The summed E-state index contributed by atoms with van der Waals surface area (Å²) in [6.07, 6.45) is 3.44. The topological polar surface area (TPSA) is 33.7 Å². The maximum atomic E-state index is 6.22. The molecule has 2 saturated heterocycles. The highest BCUT2D eigenvalue weighted by Crippen LogP contribution is 2.25. The van der Waals surface area contributed by atoms with Crippen molar-refractivity contribution in [3.05, 3.63) is 0 Å². The molecule has 3 atom stereocenters. The standard InChI is InChI=1S/C17H34N2O2/c1-13-10-19(12-17(5,6)21-13)11-15-8-7-14(20-15)9-18-16(2,3)4/h13-15,18H,7-12H2,1-6H3. The molecule has 2 fully saturated rings. The summed E-state index contributed by atoms with van der Waals surface area (Å²) < 4.78 is 12.2.